The van der Waals surface area contributed by atoms with Gasteiger partial charge in [-0.05, 0) is 58.7 Å². The first-order valence-electron chi connectivity index (χ1n) is 5.53. The van der Waals surface area contributed by atoms with Crippen molar-refractivity contribution in [2.24, 2.45) is 0 Å². The summed E-state index contributed by atoms with van der Waals surface area (Å²) in [6, 6.07) is 8.95. The fourth-order valence-corrected chi connectivity index (χ4v) is 3.79. The molecule has 106 valence electrons. The third-order valence-corrected chi connectivity index (χ3v) is 5.10. The maximum Gasteiger partial charge on any atom is 0.264 e. The Morgan fingerprint density at radius 3 is 2.40 bits per heavy atom. The SMILES string of the molecule is Cc1ccc(NS(=O)(=O)c2ccc(Br)cc2F)c(Br)c1. The highest BCUT2D eigenvalue weighted by Gasteiger charge is 2.20. The van der Waals surface area contributed by atoms with Gasteiger partial charge in [0.05, 0.1) is 5.69 Å². The van der Waals surface area contributed by atoms with Crippen LogP contribution in [-0.2, 0) is 10.0 Å². The zero-order chi connectivity index (χ0) is 14.9. The highest BCUT2D eigenvalue weighted by Crippen LogP contribution is 2.27. The highest BCUT2D eigenvalue weighted by atomic mass is 79.9. The first-order valence-corrected chi connectivity index (χ1v) is 8.60. The molecule has 0 radical (unpaired) electrons. The van der Waals surface area contributed by atoms with E-state index >= 15 is 0 Å². The van der Waals surface area contributed by atoms with Crippen molar-refractivity contribution in [3.63, 3.8) is 0 Å². The van der Waals surface area contributed by atoms with E-state index in [0.717, 1.165) is 11.6 Å². The van der Waals surface area contributed by atoms with Crippen LogP contribution in [0.25, 0.3) is 0 Å². The Kier molecular flexibility index (Phi) is 4.51. The molecular weight excluding hydrogens is 413 g/mol. The van der Waals surface area contributed by atoms with E-state index in [1.807, 2.05) is 6.92 Å². The molecule has 0 unspecified atom stereocenters. The summed E-state index contributed by atoms with van der Waals surface area (Å²) in [6.45, 7) is 1.89. The molecule has 2 aromatic carbocycles. The van der Waals surface area contributed by atoms with Gasteiger partial charge in [0.2, 0.25) is 0 Å². The Morgan fingerprint density at radius 2 is 1.80 bits per heavy atom. The largest absolute Gasteiger partial charge is 0.278 e. The van der Waals surface area contributed by atoms with Crippen LogP contribution in [0.15, 0.2) is 50.2 Å². The van der Waals surface area contributed by atoms with Crippen molar-refractivity contribution in [3.05, 3.63) is 56.7 Å². The fraction of sp³-hybridized carbons (Fsp3) is 0.0769. The highest BCUT2D eigenvalue weighted by molar-refractivity contribution is 9.10. The standard InChI is InChI=1S/C13H10Br2FNO2S/c1-8-2-4-12(10(15)6-8)17-20(18,19)13-5-3-9(14)7-11(13)16/h2-7,17H,1H3. The second kappa shape index (κ2) is 5.83. The van der Waals surface area contributed by atoms with Gasteiger partial charge in [-0.15, -0.1) is 0 Å². The monoisotopic (exact) mass is 421 g/mol. The molecule has 7 heteroatoms. The molecule has 0 bridgehead atoms. The van der Waals surface area contributed by atoms with Gasteiger partial charge in [-0.3, -0.25) is 4.72 Å². The Morgan fingerprint density at radius 1 is 1.10 bits per heavy atom. The van der Waals surface area contributed by atoms with Crippen LogP contribution in [-0.4, -0.2) is 8.42 Å². The molecule has 2 aromatic rings. The number of benzene rings is 2. The molecular formula is C13H10Br2FNO2S. The van der Waals surface area contributed by atoms with Crippen molar-refractivity contribution in [1.82, 2.24) is 0 Å². The van der Waals surface area contributed by atoms with Gasteiger partial charge in [-0.2, -0.15) is 0 Å². The van der Waals surface area contributed by atoms with Crippen molar-refractivity contribution in [1.29, 1.82) is 0 Å². The summed E-state index contributed by atoms with van der Waals surface area (Å²) < 4.78 is 41.6. The zero-order valence-electron chi connectivity index (χ0n) is 10.3. The summed E-state index contributed by atoms with van der Waals surface area (Å²) in [5, 5.41) is 0. The molecule has 0 aromatic heterocycles. The van der Waals surface area contributed by atoms with Gasteiger partial charge in [0.15, 0.2) is 0 Å². The molecule has 0 aliphatic rings. The smallest absolute Gasteiger partial charge is 0.264 e. The van der Waals surface area contributed by atoms with Crippen LogP contribution in [0.3, 0.4) is 0 Å². The minimum absolute atomic E-state index is 0.359. The predicted molar refractivity (Wildman–Crippen MR) is 83.8 cm³/mol. The summed E-state index contributed by atoms with van der Waals surface area (Å²) in [4.78, 5) is -0.395. The summed E-state index contributed by atoms with van der Waals surface area (Å²) in [5.41, 5.74) is 1.34. The van der Waals surface area contributed by atoms with E-state index in [4.69, 9.17) is 0 Å². The maximum absolute atomic E-state index is 13.8. The van der Waals surface area contributed by atoms with E-state index in [-0.39, 0.29) is 0 Å². The van der Waals surface area contributed by atoms with E-state index in [1.54, 1.807) is 18.2 Å². The summed E-state index contributed by atoms with van der Waals surface area (Å²) in [6.07, 6.45) is 0. The van der Waals surface area contributed by atoms with Gasteiger partial charge in [0, 0.05) is 8.95 Å². The van der Waals surface area contributed by atoms with Gasteiger partial charge in [0.1, 0.15) is 10.7 Å². The molecule has 0 spiro atoms. The minimum atomic E-state index is -3.97. The number of sulfonamides is 1. The quantitative estimate of drug-likeness (QED) is 0.793. The molecule has 0 aliphatic heterocycles. The number of rotatable bonds is 3. The molecule has 0 heterocycles. The van der Waals surface area contributed by atoms with Crippen molar-refractivity contribution < 1.29 is 12.8 Å². The van der Waals surface area contributed by atoms with Crippen LogP contribution in [0, 0.1) is 12.7 Å². The van der Waals surface area contributed by atoms with Crippen LogP contribution in [0.5, 0.6) is 0 Å². The molecule has 0 atom stereocenters. The van der Waals surface area contributed by atoms with E-state index in [0.29, 0.717) is 14.6 Å². The van der Waals surface area contributed by atoms with Gasteiger partial charge in [0.25, 0.3) is 10.0 Å². The lowest BCUT2D eigenvalue weighted by molar-refractivity contribution is 0.570. The first kappa shape index (κ1) is 15.5. The number of nitrogens with one attached hydrogen (secondary N) is 1. The van der Waals surface area contributed by atoms with Crippen molar-refractivity contribution in [2.45, 2.75) is 11.8 Å². The third kappa shape index (κ3) is 3.39. The molecule has 20 heavy (non-hydrogen) atoms. The van der Waals surface area contributed by atoms with E-state index in [1.165, 1.54) is 12.1 Å². The first-order chi connectivity index (χ1) is 9.29. The van der Waals surface area contributed by atoms with Gasteiger partial charge < -0.3 is 0 Å². The molecule has 0 saturated heterocycles. The molecule has 3 nitrogen and oxygen atoms in total. The van der Waals surface area contributed by atoms with Gasteiger partial charge in [-0.1, -0.05) is 22.0 Å². The molecule has 0 saturated carbocycles. The lowest BCUT2D eigenvalue weighted by Gasteiger charge is -2.11. The predicted octanol–water partition coefficient (Wildman–Crippen LogP) is 4.46. The van der Waals surface area contributed by atoms with Crippen molar-refractivity contribution in [3.8, 4) is 0 Å². The molecule has 0 fully saturated rings. The lowest BCUT2D eigenvalue weighted by atomic mass is 10.2. The van der Waals surface area contributed by atoms with Crippen LogP contribution < -0.4 is 4.72 Å². The Hall–Kier alpha value is -0.920. The summed E-state index contributed by atoms with van der Waals surface area (Å²) in [7, 11) is -3.97. The van der Waals surface area contributed by atoms with Gasteiger partial charge in [-0.25, -0.2) is 12.8 Å². The Balaban J connectivity index is 2.41. The third-order valence-electron chi connectivity index (χ3n) is 2.55. The van der Waals surface area contributed by atoms with E-state index < -0.39 is 20.7 Å². The van der Waals surface area contributed by atoms with Crippen LogP contribution in [0.4, 0.5) is 10.1 Å². The number of aryl methyl sites for hydroxylation is 1. The molecule has 1 N–H and O–H groups in total. The number of hydrogen-bond donors (Lipinski definition) is 1. The van der Waals surface area contributed by atoms with Crippen molar-refractivity contribution in [2.75, 3.05) is 4.72 Å². The fourth-order valence-electron chi connectivity index (χ4n) is 1.60. The average Bonchev–Trinajstić information content (AvgIpc) is 2.32. The van der Waals surface area contributed by atoms with E-state index in [9.17, 15) is 12.8 Å². The maximum atomic E-state index is 13.8. The molecule has 2 rings (SSSR count). The number of hydrogen-bond acceptors (Lipinski definition) is 2. The Bertz CT molecular complexity index is 763. The Labute approximate surface area is 133 Å². The zero-order valence-corrected chi connectivity index (χ0v) is 14.3. The lowest BCUT2D eigenvalue weighted by Crippen LogP contribution is -2.15. The van der Waals surface area contributed by atoms with Crippen LogP contribution in [0.2, 0.25) is 0 Å². The summed E-state index contributed by atoms with van der Waals surface area (Å²) >= 11 is 6.36. The minimum Gasteiger partial charge on any atom is -0.278 e. The number of halogens is 3. The molecule has 0 aliphatic carbocycles. The number of anilines is 1. The summed E-state index contributed by atoms with van der Waals surface area (Å²) in [5.74, 6) is -0.810. The normalized spacial score (nSPS) is 11.4. The second-order valence-corrected chi connectivity index (χ2v) is 7.58. The van der Waals surface area contributed by atoms with Gasteiger partial charge >= 0.3 is 0 Å². The second-order valence-electron chi connectivity index (χ2n) is 4.16. The van der Waals surface area contributed by atoms with E-state index in [2.05, 4.69) is 36.6 Å². The average molecular weight is 423 g/mol. The van der Waals surface area contributed by atoms with Crippen LogP contribution >= 0.6 is 31.9 Å². The van der Waals surface area contributed by atoms with Crippen LogP contribution in [0.1, 0.15) is 5.56 Å². The topological polar surface area (TPSA) is 46.2 Å². The van der Waals surface area contributed by atoms with Crippen molar-refractivity contribution >= 4 is 47.6 Å². The molecule has 0 amide bonds.